The van der Waals surface area contributed by atoms with E-state index in [1.165, 1.54) is 0 Å². The van der Waals surface area contributed by atoms with E-state index in [1.807, 2.05) is 12.1 Å². The van der Waals surface area contributed by atoms with Gasteiger partial charge in [0.15, 0.2) is 0 Å². The highest BCUT2D eigenvalue weighted by Gasteiger charge is 2.10. The molecule has 2 rings (SSSR count). The summed E-state index contributed by atoms with van der Waals surface area (Å²) in [6.07, 6.45) is 0. The molecule has 0 amide bonds. The smallest absolute Gasteiger partial charge is 0.125 e. The highest BCUT2D eigenvalue weighted by molar-refractivity contribution is 5.39. The maximum absolute atomic E-state index is 9.32. The number of ether oxygens (including phenoxy) is 3. The Hall–Kier alpha value is -1.30. The van der Waals surface area contributed by atoms with E-state index in [0.29, 0.717) is 6.61 Å². The summed E-state index contributed by atoms with van der Waals surface area (Å²) in [6, 6.07) is 5.47. The molecule has 106 valence electrons. The molecule has 0 aliphatic carbocycles. The minimum Gasteiger partial charge on any atom is -0.497 e. The molecule has 0 radical (unpaired) electrons. The molecular weight excluding hydrogens is 246 g/mol. The van der Waals surface area contributed by atoms with E-state index in [1.54, 1.807) is 13.2 Å². The molecule has 1 aromatic rings. The highest BCUT2D eigenvalue weighted by Crippen LogP contribution is 2.24. The molecule has 1 aliphatic heterocycles. The molecule has 0 bridgehead atoms. The molecule has 1 aromatic carbocycles. The van der Waals surface area contributed by atoms with Gasteiger partial charge in [-0.1, -0.05) is 0 Å². The van der Waals surface area contributed by atoms with Crippen molar-refractivity contribution < 1.29 is 19.3 Å². The highest BCUT2D eigenvalue weighted by atomic mass is 16.5. The first kappa shape index (κ1) is 14.1. The van der Waals surface area contributed by atoms with Gasteiger partial charge < -0.3 is 19.3 Å². The van der Waals surface area contributed by atoms with Crippen LogP contribution in [0.2, 0.25) is 0 Å². The predicted molar refractivity (Wildman–Crippen MR) is 71.7 cm³/mol. The van der Waals surface area contributed by atoms with Crippen LogP contribution in [0, 0.1) is 0 Å². The van der Waals surface area contributed by atoms with Crippen LogP contribution in [0.15, 0.2) is 18.2 Å². The largest absolute Gasteiger partial charge is 0.497 e. The number of methoxy groups -OCH3 is 1. The Labute approximate surface area is 113 Å². The summed E-state index contributed by atoms with van der Waals surface area (Å²) in [6.45, 7) is 4.94. The number of aliphatic hydroxyl groups is 1. The molecule has 0 spiro atoms. The topological polar surface area (TPSA) is 51.2 Å². The number of benzene rings is 1. The molecule has 0 aromatic heterocycles. The molecular formula is C14H21NO4. The number of hydrogen-bond donors (Lipinski definition) is 1. The van der Waals surface area contributed by atoms with Crippen LogP contribution in [-0.4, -0.2) is 56.6 Å². The quantitative estimate of drug-likeness (QED) is 0.830. The average Bonchev–Trinajstić information content (AvgIpc) is 2.48. The minimum absolute atomic E-state index is 0.0515. The van der Waals surface area contributed by atoms with Crippen molar-refractivity contribution in [3.8, 4) is 11.5 Å². The van der Waals surface area contributed by atoms with Gasteiger partial charge in [-0.2, -0.15) is 0 Å². The van der Waals surface area contributed by atoms with E-state index >= 15 is 0 Å². The summed E-state index contributed by atoms with van der Waals surface area (Å²) in [7, 11) is 1.61. The second-order valence-corrected chi connectivity index (χ2v) is 4.43. The van der Waals surface area contributed by atoms with Crippen LogP contribution < -0.4 is 9.47 Å². The van der Waals surface area contributed by atoms with E-state index in [-0.39, 0.29) is 6.61 Å². The van der Waals surface area contributed by atoms with Gasteiger partial charge >= 0.3 is 0 Å². The van der Waals surface area contributed by atoms with E-state index in [9.17, 15) is 5.11 Å². The van der Waals surface area contributed by atoms with Crippen LogP contribution in [0.5, 0.6) is 11.5 Å². The zero-order valence-corrected chi connectivity index (χ0v) is 11.3. The minimum atomic E-state index is -0.0515. The molecule has 1 saturated heterocycles. The van der Waals surface area contributed by atoms with Crippen molar-refractivity contribution in [2.45, 2.75) is 6.61 Å². The van der Waals surface area contributed by atoms with Gasteiger partial charge in [0.2, 0.25) is 0 Å². The Bertz CT molecular complexity index is 391. The summed E-state index contributed by atoms with van der Waals surface area (Å²) >= 11 is 0. The first-order valence-corrected chi connectivity index (χ1v) is 6.54. The first-order valence-electron chi connectivity index (χ1n) is 6.54. The SMILES string of the molecule is COc1ccc(OCCN2CCOCC2)c(CO)c1. The van der Waals surface area contributed by atoms with Crippen LogP contribution in [0.3, 0.4) is 0 Å². The Kier molecular flexibility index (Phi) is 5.44. The van der Waals surface area contributed by atoms with Gasteiger partial charge in [0, 0.05) is 25.2 Å². The third-order valence-corrected chi connectivity index (χ3v) is 3.21. The monoisotopic (exact) mass is 267 g/mol. The fourth-order valence-electron chi connectivity index (χ4n) is 2.06. The van der Waals surface area contributed by atoms with Crippen molar-refractivity contribution in [2.24, 2.45) is 0 Å². The standard InChI is InChI=1S/C14H21NO4/c1-17-13-2-3-14(12(10-13)11-16)19-9-6-15-4-7-18-8-5-15/h2-3,10,16H,4-9,11H2,1H3. The number of morpholine rings is 1. The lowest BCUT2D eigenvalue weighted by Crippen LogP contribution is -2.38. The third kappa shape index (κ3) is 4.09. The Balaban J connectivity index is 1.84. The lowest BCUT2D eigenvalue weighted by molar-refractivity contribution is 0.0321. The van der Waals surface area contributed by atoms with Crippen molar-refractivity contribution >= 4 is 0 Å². The summed E-state index contributed by atoms with van der Waals surface area (Å²) in [4.78, 5) is 2.31. The summed E-state index contributed by atoms with van der Waals surface area (Å²) in [5.41, 5.74) is 0.751. The number of aliphatic hydroxyl groups excluding tert-OH is 1. The number of hydrogen-bond acceptors (Lipinski definition) is 5. The van der Waals surface area contributed by atoms with Gasteiger partial charge in [-0.15, -0.1) is 0 Å². The third-order valence-electron chi connectivity index (χ3n) is 3.21. The Morgan fingerprint density at radius 1 is 1.32 bits per heavy atom. The van der Waals surface area contributed by atoms with Crippen LogP contribution >= 0.6 is 0 Å². The molecule has 1 heterocycles. The number of nitrogens with zero attached hydrogens (tertiary/aromatic N) is 1. The van der Waals surface area contributed by atoms with Crippen LogP contribution in [-0.2, 0) is 11.3 Å². The van der Waals surface area contributed by atoms with E-state index in [0.717, 1.165) is 49.9 Å². The molecule has 5 nitrogen and oxygen atoms in total. The Morgan fingerprint density at radius 3 is 2.79 bits per heavy atom. The molecule has 1 N–H and O–H groups in total. The molecule has 0 atom stereocenters. The summed E-state index contributed by atoms with van der Waals surface area (Å²) < 4.78 is 16.2. The lowest BCUT2D eigenvalue weighted by Gasteiger charge is -2.26. The van der Waals surface area contributed by atoms with Crippen LogP contribution in [0.1, 0.15) is 5.56 Å². The molecule has 1 aliphatic rings. The van der Waals surface area contributed by atoms with E-state index in [4.69, 9.17) is 14.2 Å². The van der Waals surface area contributed by atoms with Gasteiger partial charge in [-0.3, -0.25) is 4.90 Å². The zero-order chi connectivity index (χ0) is 13.5. The van der Waals surface area contributed by atoms with Crippen molar-refractivity contribution in [3.05, 3.63) is 23.8 Å². The van der Waals surface area contributed by atoms with Gasteiger partial charge in [0.25, 0.3) is 0 Å². The second kappa shape index (κ2) is 7.33. The van der Waals surface area contributed by atoms with Crippen molar-refractivity contribution in [1.29, 1.82) is 0 Å². The van der Waals surface area contributed by atoms with Gasteiger partial charge in [-0.05, 0) is 18.2 Å². The molecule has 19 heavy (non-hydrogen) atoms. The summed E-state index contributed by atoms with van der Waals surface area (Å²) in [5.74, 6) is 1.45. The van der Waals surface area contributed by atoms with E-state index in [2.05, 4.69) is 4.90 Å². The van der Waals surface area contributed by atoms with Crippen molar-refractivity contribution in [3.63, 3.8) is 0 Å². The molecule has 5 heteroatoms. The maximum atomic E-state index is 9.32. The zero-order valence-electron chi connectivity index (χ0n) is 11.3. The normalized spacial score (nSPS) is 16.3. The number of rotatable bonds is 6. The van der Waals surface area contributed by atoms with Gasteiger partial charge in [0.05, 0.1) is 26.9 Å². The average molecular weight is 267 g/mol. The van der Waals surface area contributed by atoms with Crippen LogP contribution in [0.4, 0.5) is 0 Å². The van der Waals surface area contributed by atoms with E-state index < -0.39 is 0 Å². The summed E-state index contributed by atoms with van der Waals surface area (Å²) in [5, 5.41) is 9.32. The van der Waals surface area contributed by atoms with Crippen molar-refractivity contribution in [2.75, 3.05) is 46.6 Å². The van der Waals surface area contributed by atoms with Crippen molar-refractivity contribution in [1.82, 2.24) is 4.90 Å². The molecule has 0 unspecified atom stereocenters. The predicted octanol–water partition coefficient (Wildman–Crippen LogP) is 0.899. The lowest BCUT2D eigenvalue weighted by atomic mass is 10.2. The second-order valence-electron chi connectivity index (χ2n) is 4.43. The fraction of sp³-hybridized carbons (Fsp3) is 0.571. The van der Waals surface area contributed by atoms with Gasteiger partial charge in [-0.25, -0.2) is 0 Å². The van der Waals surface area contributed by atoms with Crippen LogP contribution in [0.25, 0.3) is 0 Å². The maximum Gasteiger partial charge on any atom is 0.125 e. The first-order chi connectivity index (χ1) is 9.33. The fourth-order valence-corrected chi connectivity index (χ4v) is 2.06. The molecule has 0 saturated carbocycles. The molecule has 1 fully saturated rings. The van der Waals surface area contributed by atoms with Gasteiger partial charge in [0.1, 0.15) is 18.1 Å². The Morgan fingerprint density at radius 2 is 2.11 bits per heavy atom.